The minimum Gasteiger partial charge on any atom is -0.435 e. The lowest BCUT2D eigenvalue weighted by Crippen LogP contribution is -2.37. The van der Waals surface area contributed by atoms with E-state index in [0.717, 1.165) is 12.8 Å². The van der Waals surface area contributed by atoms with Crippen molar-refractivity contribution in [2.75, 3.05) is 0 Å². The summed E-state index contributed by atoms with van der Waals surface area (Å²) in [6.45, 7) is 9.78. The van der Waals surface area contributed by atoms with E-state index in [4.69, 9.17) is 9.47 Å². The third-order valence-electron chi connectivity index (χ3n) is 3.30. The van der Waals surface area contributed by atoms with E-state index in [2.05, 4.69) is 19.1 Å². The minimum atomic E-state index is -0.484. The second kappa shape index (κ2) is 7.09. The fourth-order valence-corrected chi connectivity index (χ4v) is 1.91. The van der Waals surface area contributed by atoms with E-state index in [1.807, 2.05) is 27.7 Å². The molecule has 0 unspecified atom stereocenters. The molecule has 0 saturated heterocycles. The van der Waals surface area contributed by atoms with Crippen molar-refractivity contribution in [2.24, 2.45) is 11.3 Å². The van der Waals surface area contributed by atoms with Crippen molar-refractivity contribution in [1.82, 2.24) is 0 Å². The van der Waals surface area contributed by atoms with Crippen LogP contribution in [0.1, 0.15) is 60.3 Å². The number of carbonyl (C=O) groups excluding carboxylic acids is 1. The molecule has 1 rings (SSSR count). The zero-order valence-electron chi connectivity index (χ0n) is 12.9. The van der Waals surface area contributed by atoms with Crippen LogP contribution in [0.2, 0.25) is 0 Å². The molecule has 0 aromatic heterocycles. The van der Waals surface area contributed by atoms with Gasteiger partial charge in [-0.1, -0.05) is 45.3 Å². The molecule has 0 saturated carbocycles. The maximum absolute atomic E-state index is 11.9. The van der Waals surface area contributed by atoms with Gasteiger partial charge in [-0.2, -0.15) is 0 Å². The van der Waals surface area contributed by atoms with Gasteiger partial charge in [0.2, 0.25) is 6.29 Å². The van der Waals surface area contributed by atoms with Crippen molar-refractivity contribution in [3.63, 3.8) is 0 Å². The molecule has 1 heterocycles. The highest BCUT2D eigenvalue weighted by molar-refractivity contribution is 5.75. The summed E-state index contributed by atoms with van der Waals surface area (Å²) >= 11 is 0. The topological polar surface area (TPSA) is 35.5 Å². The van der Waals surface area contributed by atoms with Gasteiger partial charge in [0, 0.05) is 5.92 Å². The fourth-order valence-electron chi connectivity index (χ4n) is 1.91. The molecule has 3 heteroatoms. The maximum atomic E-state index is 11.9. The minimum absolute atomic E-state index is 0.0838. The summed E-state index contributed by atoms with van der Waals surface area (Å²) in [5.74, 6) is -0.0827. The monoisotopic (exact) mass is 268 g/mol. The Labute approximate surface area is 117 Å². The van der Waals surface area contributed by atoms with E-state index in [9.17, 15) is 4.79 Å². The number of esters is 1. The fraction of sp³-hybridized carbons (Fsp3) is 0.812. The lowest BCUT2D eigenvalue weighted by atomic mass is 9.97. The molecule has 0 aliphatic carbocycles. The van der Waals surface area contributed by atoms with Crippen molar-refractivity contribution in [3.05, 3.63) is 12.2 Å². The van der Waals surface area contributed by atoms with Crippen LogP contribution in [0.5, 0.6) is 0 Å². The number of rotatable bonds is 5. The van der Waals surface area contributed by atoms with Crippen LogP contribution in [-0.4, -0.2) is 18.4 Å². The average Bonchev–Trinajstić information content (AvgIpc) is 2.32. The van der Waals surface area contributed by atoms with Gasteiger partial charge in [0.1, 0.15) is 0 Å². The number of ether oxygens (including phenoxy) is 2. The first-order valence-corrected chi connectivity index (χ1v) is 7.39. The quantitative estimate of drug-likeness (QED) is 0.428. The Morgan fingerprint density at radius 1 is 1.26 bits per heavy atom. The predicted molar refractivity (Wildman–Crippen MR) is 76.7 cm³/mol. The SMILES string of the molecule is CCCCC[C@@H]1C=C[C@H](C)[C@@H](OC(=O)C(C)(C)C)O1. The van der Waals surface area contributed by atoms with Gasteiger partial charge in [-0.3, -0.25) is 4.79 Å². The van der Waals surface area contributed by atoms with Gasteiger partial charge in [-0.15, -0.1) is 0 Å². The summed E-state index contributed by atoms with van der Waals surface area (Å²) < 4.78 is 11.4. The number of carbonyl (C=O) groups is 1. The van der Waals surface area contributed by atoms with Crippen molar-refractivity contribution < 1.29 is 14.3 Å². The molecule has 0 aromatic carbocycles. The molecular weight excluding hydrogens is 240 g/mol. The van der Waals surface area contributed by atoms with Crippen molar-refractivity contribution in [2.45, 2.75) is 72.7 Å². The number of hydrogen-bond acceptors (Lipinski definition) is 3. The van der Waals surface area contributed by atoms with E-state index >= 15 is 0 Å². The van der Waals surface area contributed by atoms with Crippen LogP contribution in [0, 0.1) is 11.3 Å². The molecule has 1 aliphatic heterocycles. The van der Waals surface area contributed by atoms with Gasteiger partial charge in [0.25, 0.3) is 0 Å². The molecule has 0 bridgehead atoms. The molecule has 0 fully saturated rings. The second-order valence-corrected chi connectivity index (χ2v) is 6.44. The summed E-state index contributed by atoms with van der Waals surface area (Å²) in [5, 5.41) is 0. The van der Waals surface area contributed by atoms with E-state index in [-0.39, 0.29) is 18.0 Å². The van der Waals surface area contributed by atoms with Crippen LogP contribution in [-0.2, 0) is 14.3 Å². The van der Waals surface area contributed by atoms with Crippen LogP contribution in [0.3, 0.4) is 0 Å². The maximum Gasteiger partial charge on any atom is 0.313 e. The first kappa shape index (κ1) is 16.2. The van der Waals surface area contributed by atoms with Crippen LogP contribution in [0.15, 0.2) is 12.2 Å². The Bertz CT molecular complexity index is 314. The van der Waals surface area contributed by atoms with Gasteiger partial charge in [-0.05, 0) is 27.2 Å². The van der Waals surface area contributed by atoms with Crippen LogP contribution in [0.4, 0.5) is 0 Å². The average molecular weight is 268 g/mol. The highest BCUT2D eigenvalue weighted by Crippen LogP contribution is 2.25. The molecule has 0 spiro atoms. The predicted octanol–water partition coefficient (Wildman–Crippen LogP) is 4.07. The Balaban J connectivity index is 2.50. The third-order valence-corrected chi connectivity index (χ3v) is 3.30. The second-order valence-electron chi connectivity index (χ2n) is 6.44. The van der Waals surface area contributed by atoms with E-state index < -0.39 is 11.7 Å². The first-order chi connectivity index (χ1) is 8.84. The molecule has 1 aliphatic rings. The lowest BCUT2D eigenvalue weighted by molar-refractivity contribution is -0.205. The third kappa shape index (κ3) is 5.35. The first-order valence-electron chi connectivity index (χ1n) is 7.39. The van der Waals surface area contributed by atoms with E-state index in [1.54, 1.807) is 0 Å². The van der Waals surface area contributed by atoms with Crippen LogP contribution >= 0.6 is 0 Å². The summed E-state index contributed by atoms with van der Waals surface area (Å²) in [4.78, 5) is 11.9. The molecular formula is C16H28O3. The largest absolute Gasteiger partial charge is 0.435 e. The van der Waals surface area contributed by atoms with E-state index in [1.165, 1.54) is 12.8 Å². The Morgan fingerprint density at radius 3 is 2.53 bits per heavy atom. The van der Waals surface area contributed by atoms with Gasteiger partial charge in [0.05, 0.1) is 11.5 Å². The van der Waals surface area contributed by atoms with Gasteiger partial charge in [0.15, 0.2) is 0 Å². The molecule has 0 aromatic rings. The molecule has 0 amide bonds. The van der Waals surface area contributed by atoms with Crippen LogP contribution in [0.25, 0.3) is 0 Å². The molecule has 110 valence electrons. The molecule has 3 atom stereocenters. The summed E-state index contributed by atoms with van der Waals surface area (Å²) in [6.07, 6.45) is 8.41. The van der Waals surface area contributed by atoms with Crippen molar-refractivity contribution >= 4 is 5.97 Å². The van der Waals surface area contributed by atoms with E-state index in [0.29, 0.717) is 0 Å². The molecule has 19 heavy (non-hydrogen) atoms. The lowest BCUT2D eigenvalue weighted by Gasteiger charge is -2.32. The highest BCUT2D eigenvalue weighted by Gasteiger charge is 2.31. The standard InChI is InChI=1S/C16H28O3/c1-6-7-8-9-13-11-10-12(2)14(18-13)19-15(17)16(3,4)5/h10-14H,6-9H2,1-5H3/t12-,13+,14+/m0/s1. The Morgan fingerprint density at radius 2 is 1.95 bits per heavy atom. The zero-order valence-corrected chi connectivity index (χ0v) is 12.9. The Hall–Kier alpha value is -0.830. The molecule has 0 radical (unpaired) electrons. The van der Waals surface area contributed by atoms with Crippen molar-refractivity contribution in [3.8, 4) is 0 Å². The van der Waals surface area contributed by atoms with Gasteiger partial charge >= 0.3 is 5.97 Å². The zero-order chi connectivity index (χ0) is 14.5. The van der Waals surface area contributed by atoms with Gasteiger partial charge < -0.3 is 9.47 Å². The molecule has 0 N–H and O–H groups in total. The number of hydrogen-bond donors (Lipinski definition) is 0. The molecule has 3 nitrogen and oxygen atoms in total. The highest BCUT2D eigenvalue weighted by atomic mass is 16.7. The van der Waals surface area contributed by atoms with Crippen molar-refractivity contribution in [1.29, 1.82) is 0 Å². The smallest absolute Gasteiger partial charge is 0.313 e. The number of unbranched alkanes of at least 4 members (excludes halogenated alkanes) is 2. The Kier molecular flexibility index (Phi) is 6.05. The summed E-state index contributed by atoms with van der Waals surface area (Å²) in [5.41, 5.74) is -0.484. The van der Waals surface area contributed by atoms with Crippen LogP contribution < -0.4 is 0 Å². The summed E-state index contributed by atoms with van der Waals surface area (Å²) in [7, 11) is 0. The summed E-state index contributed by atoms with van der Waals surface area (Å²) in [6, 6.07) is 0. The van der Waals surface area contributed by atoms with Gasteiger partial charge in [-0.25, -0.2) is 0 Å². The normalized spacial score (nSPS) is 27.3.